The van der Waals surface area contributed by atoms with E-state index in [0.29, 0.717) is 23.8 Å². The average Bonchev–Trinajstić information content (AvgIpc) is 2.91. The molecule has 2 bridgehead atoms. The van der Waals surface area contributed by atoms with Gasteiger partial charge in [-0.3, -0.25) is 0 Å². The summed E-state index contributed by atoms with van der Waals surface area (Å²) in [5.41, 5.74) is -0.125. The maximum absolute atomic E-state index is 14.1. The molecule has 0 spiro atoms. The first-order valence-electron chi connectivity index (χ1n) is 6.66. The van der Waals surface area contributed by atoms with Crippen LogP contribution < -0.4 is 4.74 Å². The molecule has 0 saturated heterocycles. The second-order valence-corrected chi connectivity index (χ2v) is 5.79. The molecule has 1 aromatic rings. The number of benzene rings is 1. The molecule has 3 rings (SSSR count). The summed E-state index contributed by atoms with van der Waals surface area (Å²) in [6, 6.07) is 5.15. The molecule has 0 radical (unpaired) electrons. The summed E-state index contributed by atoms with van der Waals surface area (Å²) in [4.78, 5) is 0. The van der Waals surface area contributed by atoms with Crippen LogP contribution in [-0.4, -0.2) is 17.8 Å². The smallest absolute Gasteiger partial charge is 0.168 e. The van der Waals surface area contributed by atoms with E-state index in [-0.39, 0.29) is 11.6 Å². The van der Waals surface area contributed by atoms with E-state index in [2.05, 4.69) is 0 Å². The summed E-state index contributed by atoms with van der Waals surface area (Å²) in [5.74, 6) is 0.942. The lowest BCUT2D eigenvalue weighted by molar-refractivity contribution is -0.0132. The normalized spacial score (nSPS) is 33.9. The van der Waals surface area contributed by atoms with E-state index >= 15 is 0 Å². The number of aliphatic hydroxyl groups is 1. The van der Waals surface area contributed by atoms with Crippen LogP contribution in [0.4, 0.5) is 4.39 Å². The molecule has 0 aliphatic heterocycles. The Bertz CT molecular complexity index is 460. The molecule has 2 fully saturated rings. The third-order valence-corrected chi connectivity index (χ3v) is 4.70. The van der Waals surface area contributed by atoms with Crippen molar-refractivity contribution >= 4 is 0 Å². The molecule has 18 heavy (non-hydrogen) atoms. The van der Waals surface area contributed by atoms with Gasteiger partial charge in [0.15, 0.2) is 11.6 Å². The van der Waals surface area contributed by atoms with E-state index in [1.807, 2.05) is 0 Å². The van der Waals surface area contributed by atoms with Crippen LogP contribution in [0.15, 0.2) is 18.2 Å². The van der Waals surface area contributed by atoms with E-state index in [1.54, 1.807) is 18.2 Å². The Hall–Kier alpha value is -1.09. The molecular formula is C15H19FO2. The fraction of sp³-hybridized carbons (Fsp3) is 0.600. The third-order valence-electron chi connectivity index (χ3n) is 4.70. The molecule has 1 aromatic carbocycles. The molecule has 2 saturated carbocycles. The zero-order chi connectivity index (χ0) is 12.8. The van der Waals surface area contributed by atoms with Gasteiger partial charge >= 0.3 is 0 Å². The first-order chi connectivity index (χ1) is 8.62. The average molecular weight is 250 g/mol. The Balaban J connectivity index is 1.85. The summed E-state index contributed by atoms with van der Waals surface area (Å²) in [6.45, 7) is 0. The molecule has 2 nitrogen and oxygen atoms in total. The standard InChI is InChI=1S/C15H19FO2/c1-18-13-4-2-3-11(14(13)16)9-15(17)8-10-5-6-12(15)7-10/h2-4,10,12,17H,5-9H2,1H3. The number of hydrogen-bond acceptors (Lipinski definition) is 2. The van der Waals surface area contributed by atoms with Gasteiger partial charge in [0.25, 0.3) is 0 Å². The van der Waals surface area contributed by atoms with Crippen LogP contribution >= 0.6 is 0 Å². The van der Waals surface area contributed by atoms with Gasteiger partial charge in [-0.05, 0) is 49.1 Å². The van der Waals surface area contributed by atoms with Gasteiger partial charge in [0, 0.05) is 6.42 Å². The van der Waals surface area contributed by atoms with Crippen LogP contribution in [0.1, 0.15) is 31.2 Å². The molecule has 1 N–H and O–H groups in total. The van der Waals surface area contributed by atoms with Gasteiger partial charge in [0.05, 0.1) is 12.7 Å². The van der Waals surface area contributed by atoms with E-state index in [4.69, 9.17) is 4.74 Å². The highest BCUT2D eigenvalue weighted by Crippen LogP contribution is 2.52. The summed E-state index contributed by atoms with van der Waals surface area (Å²) in [5, 5.41) is 10.7. The minimum atomic E-state index is -0.698. The zero-order valence-electron chi connectivity index (χ0n) is 10.7. The molecule has 0 heterocycles. The number of halogens is 1. The first kappa shape index (κ1) is 12.0. The fourth-order valence-corrected chi connectivity index (χ4v) is 3.81. The number of hydrogen-bond donors (Lipinski definition) is 1. The molecule has 0 aromatic heterocycles. The molecule has 2 aliphatic rings. The van der Waals surface area contributed by atoms with Crippen molar-refractivity contribution in [2.24, 2.45) is 11.8 Å². The minimum absolute atomic E-state index is 0.263. The van der Waals surface area contributed by atoms with Crippen molar-refractivity contribution in [1.29, 1.82) is 0 Å². The second kappa shape index (κ2) is 4.23. The molecule has 3 atom stereocenters. The molecule has 98 valence electrons. The Labute approximate surface area is 107 Å². The predicted molar refractivity (Wildman–Crippen MR) is 67.1 cm³/mol. The predicted octanol–water partition coefficient (Wildman–Crippen LogP) is 2.93. The van der Waals surface area contributed by atoms with E-state index in [0.717, 1.165) is 19.3 Å². The number of fused-ring (bicyclic) bond motifs is 2. The minimum Gasteiger partial charge on any atom is -0.494 e. The van der Waals surface area contributed by atoms with Gasteiger partial charge in [-0.25, -0.2) is 4.39 Å². The van der Waals surface area contributed by atoms with Crippen LogP contribution in [0.3, 0.4) is 0 Å². The molecule has 3 heteroatoms. The topological polar surface area (TPSA) is 29.5 Å². The Morgan fingerprint density at radius 3 is 2.89 bits per heavy atom. The maximum Gasteiger partial charge on any atom is 0.168 e. The van der Waals surface area contributed by atoms with Crippen LogP contribution in [0.5, 0.6) is 5.75 Å². The highest BCUT2D eigenvalue weighted by Gasteiger charge is 2.49. The van der Waals surface area contributed by atoms with Crippen LogP contribution in [-0.2, 0) is 6.42 Å². The quantitative estimate of drug-likeness (QED) is 0.893. The number of methoxy groups -OCH3 is 1. The van der Waals surface area contributed by atoms with Crippen molar-refractivity contribution in [1.82, 2.24) is 0 Å². The largest absolute Gasteiger partial charge is 0.494 e. The lowest BCUT2D eigenvalue weighted by atomic mass is 9.80. The van der Waals surface area contributed by atoms with Gasteiger partial charge in [-0.15, -0.1) is 0 Å². The first-order valence-corrected chi connectivity index (χ1v) is 6.66. The SMILES string of the molecule is COc1cccc(CC2(O)CC3CCC2C3)c1F. The van der Waals surface area contributed by atoms with Gasteiger partial charge in [0.1, 0.15) is 0 Å². The molecule has 0 amide bonds. The van der Waals surface area contributed by atoms with Gasteiger partial charge < -0.3 is 9.84 Å². The van der Waals surface area contributed by atoms with Gasteiger partial charge in [-0.1, -0.05) is 12.1 Å². The van der Waals surface area contributed by atoms with Crippen molar-refractivity contribution < 1.29 is 14.2 Å². The maximum atomic E-state index is 14.1. The highest BCUT2D eigenvalue weighted by molar-refractivity contribution is 5.32. The van der Waals surface area contributed by atoms with Gasteiger partial charge in [0.2, 0.25) is 0 Å². The summed E-state index contributed by atoms with van der Waals surface area (Å²) in [6.07, 6.45) is 4.67. The van der Waals surface area contributed by atoms with Crippen molar-refractivity contribution in [2.45, 2.75) is 37.7 Å². The summed E-state index contributed by atoms with van der Waals surface area (Å²) < 4.78 is 19.1. The van der Waals surface area contributed by atoms with Gasteiger partial charge in [-0.2, -0.15) is 0 Å². The van der Waals surface area contributed by atoms with Crippen LogP contribution in [0, 0.1) is 17.7 Å². The number of ether oxygens (including phenoxy) is 1. The molecular weight excluding hydrogens is 231 g/mol. The third kappa shape index (κ3) is 1.81. The molecule has 2 aliphatic carbocycles. The van der Waals surface area contributed by atoms with E-state index in [9.17, 15) is 9.50 Å². The van der Waals surface area contributed by atoms with Crippen molar-refractivity contribution in [3.63, 3.8) is 0 Å². The van der Waals surface area contributed by atoms with Crippen molar-refractivity contribution in [3.8, 4) is 5.75 Å². The van der Waals surface area contributed by atoms with Crippen molar-refractivity contribution in [3.05, 3.63) is 29.6 Å². The Morgan fingerprint density at radius 2 is 2.28 bits per heavy atom. The Kier molecular flexibility index (Phi) is 2.81. The summed E-state index contributed by atoms with van der Waals surface area (Å²) >= 11 is 0. The van der Waals surface area contributed by atoms with E-state index < -0.39 is 5.60 Å². The van der Waals surface area contributed by atoms with Crippen molar-refractivity contribution in [2.75, 3.05) is 7.11 Å². The Morgan fingerprint density at radius 1 is 1.44 bits per heavy atom. The van der Waals surface area contributed by atoms with Crippen LogP contribution in [0.2, 0.25) is 0 Å². The lowest BCUT2D eigenvalue weighted by Gasteiger charge is -2.32. The molecule has 3 unspecified atom stereocenters. The zero-order valence-corrected chi connectivity index (χ0v) is 10.7. The number of rotatable bonds is 3. The monoisotopic (exact) mass is 250 g/mol. The van der Waals surface area contributed by atoms with E-state index in [1.165, 1.54) is 13.5 Å². The lowest BCUT2D eigenvalue weighted by Crippen LogP contribution is -2.37. The highest BCUT2D eigenvalue weighted by atomic mass is 19.1. The van der Waals surface area contributed by atoms with Crippen LogP contribution in [0.25, 0.3) is 0 Å². The fourth-order valence-electron chi connectivity index (χ4n) is 3.81. The summed E-state index contributed by atoms with van der Waals surface area (Å²) in [7, 11) is 1.47. The second-order valence-electron chi connectivity index (χ2n) is 5.79.